The van der Waals surface area contributed by atoms with Gasteiger partial charge < -0.3 is 19.5 Å². The van der Waals surface area contributed by atoms with Crippen LogP contribution in [0.4, 0.5) is 0 Å². The Morgan fingerprint density at radius 2 is 1.56 bits per heavy atom. The summed E-state index contributed by atoms with van der Waals surface area (Å²) in [5.41, 5.74) is 1.68. The topological polar surface area (TPSA) is 90.9 Å². The van der Waals surface area contributed by atoms with Crippen LogP contribution < -0.4 is 19.5 Å². The lowest BCUT2D eigenvalue weighted by Crippen LogP contribution is -2.24. The van der Waals surface area contributed by atoms with Gasteiger partial charge in [0.1, 0.15) is 5.75 Å². The maximum atomic E-state index is 12.6. The van der Waals surface area contributed by atoms with E-state index in [1.165, 1.54) is 33.5 Å². The van der Waals surface area contributed by atoms with E-state index in [4.69, 9.17) is 14.2 Å². The lowest BCUT2D eigenvalue weighted by Gasteiger charge is -2.15. The molecule has 0 spiro atoms. The van der Waals surface area contributed by atoms with Crippen LogP contribution in [-0.4, -0.2) is 41.9 Å². The molecule has 146 valence electrons. The predicted octanol–water partition coefficient (Wildman–Crippen LogP) is 2.35. The smallest absolute Gasteiger partial charge is 0.251 e. The number of hydrogen-bond donors (Lipinski definition) is 1. The van der Waals surface area contributed by atoms with Crippen LogP contribution >= 0.6 is 0 Å². The van der Waals surface area contributed by atoms with Gasteiger partial charge in [0, 0.05) is 30.0 Å². The van der Waals surface area contributed by atoms with Crippen molar-refractivity contribution >= 4 is 15.7 Å². The lowest BCUT2D eigenvalue weighted by atomic mass is 10.1. The molecule has 8 heteroatoms. The minimum atomic E-state index is -3.40. The number of sulfone groups is 1. The summed E-state index contributed by atoms with van der Waals surface area (Å²) in [5, 5.41) is 2.79. The fourth-order valence-corrected chi connectivity index (χ4v) is 3.22. The van der Waals surface area contributed by atoms with Gasteiger partial charge in [-0.1, -0.05) is 6.07 Å². The van der Waals surface area contributed by atoms with E-state index in [-0.39, 0.29) is 17.3 Å². The first-order valence-electron chi connectivity index (χ1n) is 8.09. The number of rotatable bonds is 7. The van der Waals surface area contributed by atoms with Crippen molar-refractivity contribution in [3.05, 3.63) is 47.0 Å². The van der Waals surface area contributed by atoms with Crippen molar-refractivity contribution in [1.29, 1.82) is 0 Å². The van der Waals surface area contributed by atoms with E-state index in [2.05, 4.69) is 5.32 Å². The first kappa shape index (κ1) is 20.6. The molecule has 0 bridgehead atoms. The van der Waals surface area contributed by atoms with Crippen molar-refractivity contribution in [3.8, 4) is 17.2 Å². The minimum Gasteiger partial charge on any atom is -0.496 e. The Morgan fingerprint density at radius 3 is 2.11 bits per heavy atom. The van der Waals surface area contributed by atoms with E-state index in [1.807, 2.05) is 0 Å². The van der Waals surface area contributed by atoms with Gasteiger partial charge in [0.25, 0.3) is 5.91 Å². The van der Waals surface area contributed by atoms with E-state index < -0.39 is 9.84 Å². The van der Waals surface area contributed by atoms with E-state index in [9.17, 15) is 13.2 Å². The van der Waals surface area contributed by atoms with Crippen LogP contribution in [0.25, 0.3) is 0 Å². The van der Waals surface area contributed by atoms with Crippen LogP contribution in [-0.2, 0) is 16.4 Å². The number of nitrogens with one attached hydrogen (secondary N) is 1. The molecule has 0 unspecified atom stereocenters. The average Bonchev–Trinajstić information content (AvgIpc) is 2.64. The van der Waals surface area contributed by atoms with E-state index >= 15 is 0 Å². The van der Waals surface area contributed by atoms with Gasteiger partial charge in [-0.15, -0.1) is 0 Å². The van der Waals surface area contributed by atoms with Crippen molar-refractivity contribution in [2.24, 2.45) is 0 Å². The zero-order chi connectivity index (χ0) is 20.2. The third-order valence-corrected chi connectivity index (χ3v) is 5.22. The quantitative estimate of drug-likeness (QED) is 0.777. The molecule has 0 aromatic heterocycles. The summed E-state index contributed by atoms with van der Waals surface area (Å²) >= 11 is 0. The second-order valence-corrected chi connectivity index (χ2v) is 7.97. The van der Waals surface area contributed by atoms with Gasteiger partial charge in [0.2, 0.25) is 0 Å². The van der Waals surface area contributed by atoms with E-state index in [0.29, 0.717) is 33.9 Å². The molecule has 2 aromatic rings. The van der Waals surface area contributed by atoms with Gasteiger partial charge in [-0.05, 0) is 30.7 Å². The second-order valence-electron chi connectivity index (χ2n) is 5.95. The predicted molar refractivity (Wildman–Crippen MR) is 102 cm³/mol. The summed E-state index contributed by atoms with van der Waals surface area (Å²) in [6, 6.07) is 7.88. The maximum absolute atomic E-state index is 12.6. The molecule has 1 N–H and O–H groups in total. The van der Waals surface area contributed by atoms with Crippen LogP contribution in [0.15, 0.2) is 35.2 Å². The number of methoxy groups -OCH3 is 3. The van der Waals surface area contributed by atoms with Crippen molar-refractivity contribution in [3.63, 3.8) is 0 Å². The standard InChI is InChI=1S/C19H23NO6S/c1-12-6-7-14(27(5,22)23)9-15(12)19(21)20-11-13-8-17(25-3)18(26-4)10-16(13)24-2/h6-10H,11H2,1-5H3,(H,20,21). The van der Waals surface area contributed by atoms with Gasteiger partial charge >= 0.3 is 0 Å². The van der Waals surface area contributed by atoms with Crippen molar-refractivity contribution in [2.75, 3.05) is 27.6 Å². The Hall–Kier alpha value is -2.74. The summed E-state index contributed by atoms with van der Waals surface area (Å²) in [4.78, 5) is 12.7. The molecule has 0 atom stereocenters. The number of carbonyl (C=O) groups excluding carboxylic acids is 1. The van der Waals surface area contributed by atoms with Crippen LogP contribution in [0.5, 0.6) is 17.2 Å². The highest BCUT2D eigenvalue weighted by Gasteiger charge is 2.16. The van der Waals surface area contributed by atoms with Gasteiger partial charge in [-0.25, -0.2) is 8.42 Å². The normalized spacial score (nSPS) is 11.0. The molecule has 0 aliphatic rings. The zero-order valence-corrected chi connectivity index (χ0v) is 16.8. The number of ether oxygens (including phenoxy) is 3. The molecule has 2 aromatic carbocycles. The fraction of sp³-hybridized carbons (Fsp3) is 0.316. The number of amides is 1. The second kappa shape index (κ2) is 8.30. The Morgan fingerprint density at radius 1 is 0.963 bits per heavy atom. The molecular weight excluding hydrogens is 370 g/mol. The minimum absolute atomic E-state index is 0.0990. The summed E-state index contributed by atoms with van der Waals surface area (Å²) in [7, 11) is 1.16. The zero-order valence-electron chi connectivity index (χ0n) is 16.0. The molecule has 0 saturated heterocycles. The molecule has 1 amide bonds. The Bertz CT molecular complexity index is 953. The number of benzene rings is 2. The highest BCUT2D eigenvalue weighted by Crippen LogP contribution is 2.34. The molecule has 27 heavy (non-hydrogen) atoms. The SMILES string of the molecule is COc1cc(OC)c(OC)cc1CNC(=O)c1cc(S(C)(=O)=O)ccc1C. The van der Waals surface area contributed by atoms with Crippen LogP contribution in [0.1, 0.15) is 21.5 Å². The van der Waals surface area contributed by atoms with Crippen molar-refractivity contribution in [2.45, 2.75) is 18.4 Å². The summed E-state index contributed by atoms with van der Waals surface area (Å²) in [5.74, 6) is 1.18. The highest BCUT2D eigenvalue weighted by molar-refractivity contribution is 7.90. The number of aryl methyl sites for hydroxylation is 1. The average molecular weight is 393 g/mol. The first-order valence-corrected chi connectivity index (χ1v) is 9.98. The molecular formula is C19H23NO6S. The van der Waals surface area contributed by atoms with Gasteiger partial charge in [-0.3, -0.25) is 4.79 Å². The third-order valence-electron chi connectivity index (χ3n) is 4.11. The lowest BCUT2D eigenvalue weighted by molar-refractivity contribution is 0.0950. The molecule has 0 fully saturated rings. The third kappa shape index (κ3) is 4.71. The molecule has 7 nitrogen and oxygen atoms in total. The molecule has 0 aliphatic heterocycles. The Labute approximate surface area is 159 Å². The van der Waals surface area contributed by atoms with Crippen LogP contribution in [0.3, 0.4) is 0 Å². The van der Waals surface area contributed by atoms with Crippen molar-refractivity contribution in [1.82, 2.24) is 5.32 Å². The molecule has 0 saturated carbocycles. The van der Waals surface area contributed by atoms with Gasteiger partial charge in [0.15, 0.2) is 21.3 Å². The Kier molecular flexibility index (Phi) is 6.32. The van der Waals surface area contributed by atoms with Gasteiger partial charge in [-0.2, -0.15) is 0 Å². The first-order chi connectivity index (χ1) is 12.7. The molecule has 0 aliphatic carbocycles. The summed E-state index contributed by atoms with van der Waals surface area (Å²) in [6.45, 7) is 1.92. The number of carbonyl (C=O) groups is 1. The van der Waals surface area contributed by atoms with Gasteiger partial charge in [0.05, 0.1) is 26.2 Å². The molecule has 2 rings (SSSR count). The largest absolute Gasteiger partial charge is 0.496 e. The molecule has 0 heterocycles. The van der Waals surface area contributed by atoms with E-state index in [0.717, 1.165) is 6.26 Å². The van der Waals surface area contributed by atoms with Crippen molar-refractivity contribution < 1.29 is 27.4 Å². The summed E-state index contributed by atoms with van der Waals surface area (Å²) < 4.78 is 39.3. The number of hydrogen-bond acceptors (Lipinski definition) is 6. The highest BCUT2D eigenvalue weighted by atomic mass is 32.2. The monoisotopic (exact) mass is 393 g/mol. The van der Waals surface area contributed by atoms with Crippen LogP contribution in [0, 0.1) is 6.92 Å². The summed E-state index contributed by atoms with van der Waals surface area (Å²) in [6.07, 6.45) is 1.11. The maximum Gasteiger partial charge on any atom is 0.251 e. The van der Waals surface area contributed by atoms with Crippen LogP contribution in [0.2, 0.25) is 0 Å². The fourth-order valence-electron chi connectivity index (χ4n) is 2.58. The Balaban J connectivity index is 2.28. The van der Waals surface area contributed by atoms with E-state index in [1.54, 1.807) is 25.1 Å². The molecule has 0 radical (unpaired) electrons.